The Hall–Kier alpha value is -4.64. The molecule has 8 rings (SSSR count). The van der Waals surface area contributed by atoms with Crippen LogP contribution in [0.25, 0.3) is 74.6 Å². The van der Waals surface area contributed by atoms with Gasteiger partial charge in [-0.05, 0) is 81.6 Å². The molecule has 0 fully saturated rings. The molecule has 0 spiro atoms. The smallest absolute Gasteiger partial charge is 0.124 e. The van der Waals surface area contributed by atoms with Crippen LogP contribution in [-0.2, 0) is 0 Å². The minimum atomic E-state index is 1.04. The van der Waals surface area contributed by atoms with E-state index in [0.29, 0.717) is 0 Å². The number of nitrogens with zero attached hydrogens (tertiary/aromatic N) is 2. The predicted octanol–water partition coefficient (Wildman–Crippen LogP) is 10.7. The molecular formula is C36H22N2S2. The van der Waals surface area contributed by atoms with Crippen molar-refractivity contribution in [3.63, 3.8) is 0 Å². The zero-order valence-corrected chi connectivity index (χ0v) is 23.0. The third-order valence-corrected chi connectivity index (χ3v) is 9.49. The van der Waals surface area contributed by atoms with Crippen molar-refractivity contribution >= 4 is 53.9 Å². The van der Waals surface area contributed by atoms with Crippen LogP contribution in [0.4, 0.5) is 0 Å². The van der Waals surface area contributed by atoms with Crippen molar-refractivity contribution < 1.29 is 0 Å². The molecule has 0 aliphatic heterocycles. The summed E-state index contributed by atoms with van der Waals surface area (Å²) in [6.45, 7) is 0. The van der Waals surface area contributed by atoms with Crippen molar-refractivity contribution in [3.8, 4) is 43.4 Å². The molecule has 0 amide bonds. The summed E-state index contributed by atoms with van der Waals surface area (Å²) < 4.78 is 2.42. The molecule has 4 heteroatoms. The normalized spacial score (nSPS) is 11.5. The Kier molecular flexibility index (Phi) is 5.54. The van der Waals surface area contributed by atoms with Gasteiger partial charge in [-0.3, -0.25) is 0 Å². The highest BCUT2D eigenvalue weighted by atomic mass is 32.1. The lowest BCUT2D eigenvalue weighted by atomic mass is 9.94. The van der Waals surface area contributed by atoms with E-state index in [1.165, 1.54) is 42.4 Å². The van der Waals surface area contributed by atoms with Gasteiger partial charge in [-0.2, -0.15) is 0 Å². The summed E-state index contributed by atoms with van der Waals surface area (Å²) in [6, 6.07) is 47.6. The molecule has 0 aliphatic carbocycles. The van der Waals surface area contributed by atoms with Gasteiger partial charge in [0.15, 0.2) is 0 Å². The molecule has 0 atom stereocenters. The Balaban J connectivity index is 1.25. The first-order valence-corrected chi connectivity index (χ1v) is 14.9. The van der Waals surface area contributed by atoms with Crippen LogP contribution in [0.5, 0.6) is 0 Å². The first-order chi connectivity index (χ1) is 19.8. The highest BCUT2D eigenvalue weighted by Crippen LogP contribution is 2.38. The average Bonchev–Trinajstić information content (AvgIpc) is 3.66. The summed E-state index contributed by atoms with van der Waals surface area (Å²) in [7, 11) is 0. The maximum atomic E-state index is 4.99. The standard InChI is InChI=1S/C36H22N2S2/c1-2-8-26-19-27(18-15-23(26)7-1)29-20-28(21-30(22-29)36-38-32-10-4-6-12-34(32)40-36)24-13-16-25(17-14-24)35-37-31-9-3-5-11-33(31)39-35/h1-22H. The van der Waals surface area contributed by atoms with Crippen LogP contribution in [0.15, 0.2) is 133 Å². The van der Waals surface area contributed by atoms with Crippen LogP contribution in [0.2, 0.25) is 0 Å². The zero-order chi connectivity index (χ0) is 26.5. The van der Waals surface area contributed by atoms with E-state index in [9.17, 15) is 0 Å². The molecule has 6 aromatic carbocycles. The summed E-state index contributed by atoms with van der Waals surface area (Å²) in [4.78, 5) is 9.84. The van der Waals surface area contributed by atoms with Gasteiger partial charge >= 0.3 is 0 Å². The van der Waals surface area contributed by atoms with E-state index < -0.39 is 0 Å². The Bertz CT molecular complexity index is 2100. The molecule has 2 nitrogen and oxygen atoms in total. The molecule has 0 aliphatic rings. The SMILES string of the molecule is c1ccc2cc(-c3cc(-c4ccc(-c5nc6ccccc6s5)cc4)cc(-c4nc5ccccc5s4)c3)ccc2c1. The molecule has 2 heterocycles. The van der Waals surface area contributed by atoms with E-state index >= 15 is 0 Å². The fraction of sp³-hybridized carbons (Fsp3) is 0. The largest absolute Gasteiger partial charge is 0.236 e. The second-order valence-corrected chi connectivity index (χ2v) is 12.0. The van der Waals surface area contributed by atoms with Gasteiger partial charge in [0.25, 0.3) is 0 Å². The van der Waals surface area contributed by atoms with Crippen molar-refractivity contribution in [3.05, 3.63) is 133 Å². The van der Waals surface area contributed by atoms with Crippen LogP contribution in [-0.4, -0.2) is 9.97 Å². The van der Waals surface area contributed by atoms with E-state index in [1.807, 2.05) is 6.07 Å². The Morgan fingerprint density at radius 1 is 0.350 bits per heavy atom. The third-order valence-electron chi connectivity index (χ3n) is 7.32. The molecule has 0 N–H and O–H groups in total. The molecule has 0 bridgehead atoms. The van der Waals surface area contributed by atoms with Gasteiger partial charge in [-0.1, -0.05) is 84.9 Å². The lowest BCUT2D eigenvalue weighted by Gasteiger charge is -2.11. The van der Waals surface area contributed by atoms with Gasteiger partial charge in [0.05, 0.1) is 20.4 Å². The van der Waals surface area contributed by atoms with Gasteiger partial charge in [0.1, 0.15) is 10.0 Å². The molecule has 0 saturated heterocycles. The highest BCUT2D eigenvalue weighted by molar-refractivity contribution is 7.22. The highest BCUT2D eigenvalue weighted by Gasteiger charge is 2.13. The van der Waals surface area contributed by atoms with Gasteiger partial charge in [0.2, 0.25) is 0 Å². The molecule has 0 saturated carbocycles. The molecule has 2 aromatic heterocycles. The molecule has 188 valence electrons. The predicted molar refractivity (Wildman–Crippen MR) is 172 cm³/mol. The summed E-state index contributed by atoms with van der Waals surface area (Å²) in [6.07, 6.45) is 0. The second-order valence-electron chi connectivity index (χ2n) is 9.91. The number of thiazole rings is 2. The minimum absolute atomic E-state index is 1.04. The first-order valence-electron chi connectivity index (χ1n) is 13.2. The number of hydrogen-bond donors (Lipinski definition) is 0. The quantitative estimate of drug-likeness (QED) is 0.219. The summed E-state index contributed by atoms with van der Waals surface area (Å²) in [5.74, 6) is 0. The van der Waals surface area contributed by atoms with Gasteiger partial charge in [0, 0.05) is 11.1 Å². The Morgan fingerprint density at radius 3 is 1.52 bits per heavy atom. The van der Waals surface area contributed by atoms with E-state index in [2.05, 4.69) is 127 Å². The topological polar surface area (TPSA) is 25.8 Å². The Labute approximate surface area is 239 Å². The minimum Gasteiger partial charge on any atom is -0.236 e. The summed E-state index contributed by atoms with van der Waals surface area (Å²) >= 11 is 3.48. The van der Waals surface area contributed by atoms with E-state index in [-0.39, 0.29) is 0 Å². The number of aromatic nitrogens is 2. The molecular weight excluding hydrogens is 525 g/mol. The molecule has 8 aromatic rings. The molecule has 40 heavy (non-hydrogen) atoms. The van der Waals surface area contributed by atoms with Crippen molar-refractivity contribution in [1.29, 1.82) is 0 Å². The molecule has 0 radical (unpaired) electrons. The summed E-state index contributed by atoms with van der Waals surface area (Å²) in [5.41, 5.74) is 9.11. The van der Waals surface area contributed by atoms with Crippen molar-refractivity contribution in [1.82, 2.24) is 9.97 Å². The Morgan fingerprint density at radius 2 is 0.850 bits per heavy atom. The van der Waals surface area contributed by atoms with Crippen LogP contribution in [0.3, 0.4) is 0 Å². The lowest BCUT2D eigenvalue weighted by molar-refractivity contribution is 1.47. The van der Waals surface area contributed by atoms with Gasteiger partial charge in [-0.25, -0.2) is 9.97 Å². The van der Waals surface area contributed by atoms with Crippen molar-refractivity contribution in [2.24, 2.45) is 0 Å². The van der Waals surface area contributed by atoms with Crippen LogP contribution in [0, 0.1) is 0 Å². The van der Waals surface area contributed by atoms with Crippen molar-refractivity contribution in [2.45, 2.75) is 0 Å². The fourth-order valence-corrected chi connectivity index (χ4v) is 7.17. The summed E-state index contributed by atoms with van der Waals surface area (Å²) in [5, 5.41) is 4.58. The lowest BCUT2D eigenvalue weighted by Crippen LogP contribution is -1.87. The number of rotatable bonds is 4. The first kappa shape index (κ1) is 23.3. The fourth-order valence-electron chi connectivity index (χ4n) is 5.25. The second kappa shape index (κ2) is 9.53. The monoisotopic (exact) mass is 546 g/mol. The average molecular weight is 547 g/mol. The van der Waals surface area contributed by atoms with Gasteiger partial charge in [-0.15, -0.1) is 22.7 Å². The molecule has 0 unspecified atom stereocenters. The van der Waals surface area contributed by atoms with E-state index in [4.69, 9.17) is 9.97 Å². The van der Waals surface area contributed by atoms with Crippen LogP contribution >= 0.6 is 22.7 Å². The number of hydrogen-bond acceptors (Lipinski definition) is 4. The van der Waals surface area contributed by atoms with Gasteiger partial charge < -0.3 is 0 Å². The third kappa shape index (κ3) is 4.19. The van der Waals surface area contributed by atoms with E-state index in [1.54, 1.807) is 22.7 Å². The maximum Gasteiger partial charge on any atom is 0.124 e. The van der Waals surface area contributed by atoms with Crippen LogP contribution in [0.1, 0.15) is 0 Å². The van der Waals surface area contributed by atoms with E-state index in [0.717, 1.165) is 32.2 Å². The zero-order valence-electron chi connectivity index (χ0n) is 21.4. The van der Waals surface area contributed by atoms with Crippen LogP contribution < -0.4 is 0 Å². The number of benzene rings is 6. The number of fused-ring (bicyclic) bond motifs is 3. The van der Waals surface area contributed by atoms with Crippen molar-refractivity contribution in [2.75, 3.05) is 0 Å². The number of para-hydroxylation sites is 2. The maximum absolute atomic E-state index is 4.99.